The lowest BCUT2D eigenvalue weighted by molar-refractivity contribution is -0.137. The van der Waals surface area contributed by atoms with Gasteiger partial charge in [0, 0.05) is 17.8 Å². The number of aliphatic carboxylic acids is 1. The smallest absolute Gasteiger partial charge is 0.339 e. The van der Waals surface area contributed by atoms with Crippen LogP contribution in [0.15, 0.2) is 42.6 Å². The lowest BCUT2D eigenvalue weighted by Gasteiger charge is -2.16. The number of hydrogen-bond acceptors (Lipinski definition) is 3. The fraction of sp³-hybridized carbons (Fsp3) is 0.250. The highest BCUT2D eigenvalue weighted by Crippen LogP contribution is 2.29. The van der Waals surface area contributed by atoms with E-state index in [9.17, 15) is 9.59 Å². The van der Waals surface area contributed by atoms with Crippen molar-refractivity contribution >= 4 is 11.9 Å². The Balaban J connectivity index is 2.41. The average molecular weight is 287 g/mol. The normalized spacial score (nSPS) is 11.9. The molecule has 5 nitrogen and oxygen atoms in total. The molecule has 1 heterocycles. The van der Waals surface area contributed by atoms with Crippen LogP contribution in [0.5, 0.6) is 0 Å². The number of ether oxygens (including phenoxy) is 1. The quantitative estimate of drug-likeness (QED) is 0.801. The van der Waals surface area contributed by atoms with E-state index in [-0.39, 0.29) is 13.0 Å². The monoisotopic (exact) mass is 287 g/mol. The van der Waals surface area contributed by atoms with Crippen LogP contribution in [0.1, 0.15) is 40.9 Å². The number of aromatic amines is 1. The lowest BCUT2D eigenvalue weighted by Crippen LogP contribution is -2.13. The molecule has 0 fully saturated rings. The second-order valence-electron chi connectivity index (χ2n) is 4.59. The van der Waals surface area contributed by atoms with E-state index in [0.717, 1.165) is 5.56 Å². The molecule has 110 valence electrons. The van der Waals surface area contributed by atoms with Crippen molar-refractivity contribution in [2.75, 3.05) is 6.61 Å². The van der Waals surface area contributed by atoms with Crippen LogP contribution in [0.2, 0.25) is 0 Å². The fourth-order valence-corrected chi connectivity index (χ4v) is 2.30. The number of carbonyl (C=O) groups excluding carboxylic acids is 1. The molecule has 5 heteroatoms. The van der Waals surface area contributed by atoms with Crippen molar-refractivity contribution in [3.63, 3.8) is 0 Å². The minimum atomic E-state index is -0.923. The Labute approximate surface area is 122 Å². The van der Waals surface area contributed by atoms with Crippen molar-refractivity contribution in [1.82, 2.24) is 4.98 Å². The minimum absolute atomic E-state index is 0.100. The molecule has 0 aliphatic carbocycles. The first-order valence-electron chi connectivity index (χ1n) is 6.74. The van der Waals surface area contributed by atoms with Crippen LogP contribution in [0, 0.1) is 0 Å². The number of rotatable bonds is 6. The molecule has 1 atom stereocenters. The summed E-state index contributed by atoms with van der Waals surface area (Å²) < 4.78 is 5.01. The van der Waals surface area contributed by atoms with E-state index in [2.05, 4.69) is 4.98 Å². The minimum Gasteiger partial charge on any atom is -0.481 e. The Bertz CT molecular complexity index is 618. The van der Waals surface area contributed by atoms with Gasteiger partial charge in [-0.1, -0.05) is 30.3 Å². The highest BCUT2D eigenvalue weighted by molar-refractivity contribution is 5.91. The molecule has 1 aromatic carbocycles. The van der Waals surface area contributed by atoms with Crippen LogP contribution < -0.4 is 0 Å². The van der Waals surface area contributed by atoms with Gasteiger partial charge in [0.05, 0.1) is 18.6 Å². The summed E-state index contributed by atoms with van der Waals surface area (Å²) in [6.45, 7) is 2.01. The van der Waals surface area contributed by atoms with E-state index in [0.29, 0.717) is 11.3 Å². The lowest BCUT2D eigenvalue weighted by atomic mass is 9.90. The third-order valence-electron chi connectivity index (χ3n) is 3.20. The Morgan fingerprint density at radius 1 is 1.24 bits per heavy atom. The van der Waals surface area contributed by atoms with Gasteiger partial charge < -0.3 is 14.8 Å². The van der Waals surface area contributed by atoms with Gasteiger partial charge in [-0.15, -0.1) is 0 Å². The van der Waals surface area contributed by atoms with Gasteiger partial charge in [0.25, 0.3) is 0 Å². The predicted molar refractivity (Wildman–Crippen MR) is 77.3 cm³/mol. The third kappa shape index (κ3) is 3.51. The largest absolute Gasteiger partial charge is 0.481 e. The molecule has 0 saturated heterocycles. The molecule has 21 heavy (non-hydrogen) atoms. The molecule has 0 bridgehead atoms. The summed E-state index contributed by atoms with van der Waals surface area (Å²) in [6, 6.07) is 10.9. The highest BCUT2D eigenvalue weighted by Gasteiger charge is 2.25. The SMILES string of the molecule is CCOC(=O)c1cc[nH]c1C(CC(=O)O)c1ccccc1. The standard InChI is InChI=1S/C16H17NO4/c1-2-21-16(20)12-8-9-17-15(12)13(10-14(18)19)11-6-4-3-5-7-11/h3-9,13,17H,2,10H2,1H3,(H,18,19). The number of H-pyrrole nitrogens is 1. The second kappa shape index (κ2) is 6.74. The summed E-state index contributed by atoms with van der Waals surface area (Å²) in [5, 5.41) is 9.15. The van der Waals surface area contributed by atoms with E-state index >= 15 is 0 Å². The summed E-state index contributed by atoms with van der Waals surface area (Å²) in [4.78, 5) is 26.1. The topological polar surface area (TPSA) is 79.4 Å². The molecule has 1 unspecified atom stereocenters. The van der Waals surface area contributed by atoms with Gasteiger partial charge in [-0.2, -0.15) is 0 Å². The van der Waals surface area contributed by atoms with Crippen LogP contribution in [-0.4, -0.2) is 28.6 Å². The number of carboxylic acid groups (broad SMARTS) is 1. The summed E-state index contributed by atoms with van der Waals surface area (Å²) >= 11 is 0. The fourth-order valence-electron chi connectivity index (χ4n) is 2.30. The van der Waals surface area contributed by atoms with Crippen LogP contribution in [0.25, 0.3) is 0 Å². The summed E-state index contributed by atoms with van der Waals surface area (Å²) in [5.74, 6) is -1.79. The van der Waals surface area contributed by atoms with Gasteiger partial charge in [-0.05, 0) is 18.6 Å². The summed E-state index contributed by atoms with van der Waals surface area (Å²) in [5.41, 5.74) is 1.79. The third-order valence-corrected chi connectivity index (χ3v) is 3.20. The predicted octanol–water partition coefficient (Wildman–Crippen LogP) is 2.80. The van der Waals surface area contributed by atoms with Gasteiger partial charge in [0.15, 0.2) is 0 Å². The molecule has 0 aliphatic rings. The molecule has 2 N–H and O–H groups in total. The number of carboxylic acids is 1. The van der Waals surface area contributed by atoms with E-state index < -0.39 is 17.9 Å². The molecule has 1 aromatic heterocycles. The molecular formula is C16H17NO4. The number of benzene rings is 1. The van der Waals surface area contributed by atoms with Crippen LogP contribution in [-0.2, 0) is 9.53 Å². The number of carbonyl (C=O) groups is 2. The first-order valence-corrected chi connectivity index (χ1v) is 6.74. The number of hydrogen-bond donors (Lipinski definition) is 2. The first kappa shape index (κ1) is 14.8. The molecular weight excluding hydrogens is 270 g/mol. The van der Waals surface area contributed by atoms with Crippen molar-refractivity contribution in [3.05, 3.63) is 59.4 Å². The first-order chi connectivity index (χ1) is 10.1. The van der Waals surface area contributed by atoms with Crippen LogP contribution >= 0.6 is 0 Å². The van der Waals surface area contributed by atoms with Gasteiger partial charge >= 0.3 is 11.9 Å². The van der Waals surface area contributed by atoms with Crippen molar-refractivity contribution in [3.8, 4) is 0 Å². The van der Waals surface area contributed by atoms with Crippen molar-refractivity contribution < 1.29 is 19.4 Å². The molecule has 2 aromatic rings. The maximum atomic E-state index is 12.0. The molecule has 0 spiro atoms. The molecule has 0 radical (unpaired) electrons. The van der Waals surface area contributed by atoms with Gasteiger partial charge in [-0.3, -0.25) is 4.79 Å². The zero-order valence-corrected chi connectivity index (χ0v) is 11.7. The molecule has 0 aliphatic heterocycles. The Morgan fingerprint density at radius 2 is 1.95 bits per heavy atom. The zero-order valence-electron chi connectivity index (χ0n) is 11.7. The Hall–Kier alpha value is -2.56. The maximum Gasteiger partial charge on any atom is 0.339 e. The molecule has 0 amide bonds. The number of nitrogens with one attached hydrogen (secondary N) is 1. The summed E-state index contributed by atoms with van der Waals surface area (Å²) in [7, 11) is 0. The number of aromatic nitrogens is 1. The van der Waals surface area contributed by atoms with E-state index in [1.807, 2.05) is 30.3 Å². The van der Waals surface area contributed by atoms with E-state index in [4.69, 9.17) is 9.84 Å². The van der Waals surface area contributed by atoms with Gasteiger partial charge in [0.2, 0.25) is 0 Å². The maximum absolute atomic E-state index is 12.0. The van der Waals surface area contributed by atoms with Crippen LogP contribution in [0.3, 0.4) is 0 Å². The average Bonchev–Trinajstić information content (AvgIpc) is 2.95. The number of esters is 1. The van der Waals surface area contributed by atoms with Crippen LogP contribution in [0.4, 0.5) is 0 Å². The Morgan fingerprint density at radius 3 is 2.57 bits per heavy atom. The second-order valence-corrected chi connectivity index (χ2v) is 4.59. The zero-order chi connectivity index (χ0) is 15.2. The van der Waals surface area contributed by atoms with Crippen molar-refractivity contribution in [1.29, 1.82) is 0 Å². The highest BCUT2D eigenvalue weighted by atomic mass is 16.5. The Kier molecular flexibility index (Phi) is 4.77. The van der Waals surface area contributed by atoms with Gasteiger partial charge in [0.1, 0.15) is 0 Å². The summed E-state index contributed by atoms with van der Waals surface area (Å²) in [6.07, 6.45) is 1.52. The van der Waals surface area contributed by atoms with E-state index in [1.54, 1.807) is 19.2 Å². The molecule has 2 rings (SSSR count). The van der Waals surface area contributed by atoms with E-state index in [1.165, 1.54) is 0 Å². The molecule has 0 saturated carbocycles. The van der Waals surface area contributed by atoms with Crippen molar-refractivity contribution in [2.24, 2.45) is 0 Å². The van der Waals surface area contributed by atoms with Gasteiger partial charge in [-0.25, -0.2) is 4.79 Å². The van der Waals surface area contributed by atoms with Crippen molar-refractivity contribution in [2.45, 2.75) is 19.3 Å².